The van der Waals surface area contributed by atoms with Gasteiger partial charge in [0.1, 0.15) is 0 Å². The summed E-state index contributed by atoms with van der Waals surface area (Å²) in [4.78, 5) is 26.5. The van der Waals surface area contributed by atoms with E-state index in [0.717, 1.165) is 27.8 Å². The second-order valence-electron chi connectivity index (χ2n) is 6.49. The number of nitrogens with zero attached hydrogens (tertiary/aromatic N) is 1. The van der Waals surface area contributed by atoms with Gasteiger partial charge < -0.3 is 4.90 Å². The van der Waals surface area contributed by atoms with Crippen LogP contribution in [0, 0.1) is 0 Å². The van der Waals surface area contributed by atoms with Crippen LogP contribution in [0.1, 0.15) is 29.9 Å². The largest absolute Gasteiger partial charge is 0.315 e. The van der Waals surface area contributed by atoms with Crippen molar-refractivity contribution in [3.05, 3.63) is 71.4 Å². The number of β-lactam (4-membered cyclic amide) rings is 1. The molecule has 0 radical (unpaired) electrons. The number of carbonyl (C=O) groups excluding carboxylic acids is 2. The molecule has 1 aliphatic carbocycles. The number of Topliss-reactive ketones (excluding diaryl/α,β-unsaturated/α-hetero) is 1. The van der Waals surface area contributed by atoms with Crippen molar-refractivity contribution in [3.63, 3.8) is 0 Å². The molecule has 0 N–H and O–H groups in total. The van der Waals surface area contributed by atoms with E-state index in [1.165, 1.54) is 0 Å². The molecule has 3 aliphatic rings. The molecule has 3 nitrogen and oxygen atoms in total. The third kappa shape index (κ3) is 1.65. The van der Waals surface area contributed by atoms with Crippen LogP contribution in [-0.4, -0.2) is 22.6 Å². The monoisotopic (exact) mass is 301 g/mol. The SMILES string of the molecule is O=C(C1=CN2C(=O)C[C@H]2C1)C1c2ccccc2-c2ccccc21. The number of benzene rings is 2. The highest BCUT2D eigenvalue weighted by Gasteiger charge is 2.43. The quantitative estimate of drug-likeness (QED) is 0.798. The third-order valence-corrected chi connectivity index (χ3v) is 5.25. The second-order valence-corrected chi connectivity index (χ2v) is 6.49. The molecule has 2 aliphatic heterocycles. The molecule has 1 fully saturated rings. The standard InChI is InChI=1S/C20H15NO2/c22-18-10-13-9-12(11-21(13)18)20(23)19-16-7-3-1-5-14(16)15-6-2-4-8-17(15)19/h1-8,11,13,19H,9-10H2/t13-/m1/s1. The highest BCUT2D eigenvalue weighted by molar-refractivity contribution is 6.08. The summed E-state index contributed by atoms with van der Waals surface area (Å²) in [5, 5.41) is 0. The number of fused-ring (bicyclic) bond motifs is 4. The lowest BCUT2D eigenvalue weighted by atomic mass is 9.87. The van der Waals surface area contributed by atoms with E-state index in [2.05, 4.69) is 12.1 Å². The first-order valence-corrected chi connectivity index (χ1v) is 7.98. The predicted molar refractivity (Wildman–Crippen MR) is 86.7 cm³/mol. The van der Waals surface area contributed by atoms with Gasteiger partial charge in [-0.2, -0.15) is 0 Å². The molecule has 0 spiro atoms. The molecule has 1 amide bonds. The van der Waals surface area contributed by atoms with Crippen LogP contribution in [0.25, 0.3) is 11.1 Å². The van der Waals surface area contributed by atoms with Crippen molar-refractivity contribution in [3.8, 4) is 11.1 Å². The Morgan fingerprint density at radius 3 is 2.09 bits per heavy atom. The van der Waals surface area contributed by atoms with Crippen LogP contribution in [0.5, 0.6) is 0 Å². The van der Waals surface area contributed by atoms with Gasteiger partial charge in [0.25, 0.3) is 0 Å². The summed E-state index contributed by atoms with van der Waals surface area (Å²) in [6, 6.07) is 16.5. The van der Waals surface area contributed by atoms with Crippen molar-refractivity contribution in [2.24, 2.45) is 0 Å². The van der Waals surface area contributed by atoms with Crippen LogP contribution < -0.4 is 0 Å². The summed E-state index contributed by atoms with van der Waals surface area (Å²) >= 11 is 0. The molecular weight excluding hydrogens is 286 g/mol. The number of carbonyl (C=O) groups is 2. The van der Waals surface area contributed by atoms with Gasteiger partial charge in [0.15, 0.2) is 5.78 Å². The molecule has 2 heterocycles. The average molecular weight is 301 g/mol. The summed E-state index contributed by atoms with van der Waals surface area (Å²) in [6.45, 7) is 0. The van der Waals surface area contributed by atoms with Crippen molar-refractivity contribution >= 4 is 11.7 Å². The van der Waals surface area contributed by atoms with Crippen molar-refractivity contribution < 1.29 is 9.59 Å². The lowest BCUT2D eigenvalue weighted by Crippen LogP contribution is -2.45. The number of hydrogen-bond acceptors (Lipinski definition) is 2. The summed E-state index contributed by atoms with van der Waals surface area (Å²) < 4.78 is 0. The van der Waals surface area contributed by atoms with Crippen LogP contribution >= 0.6 is 0 Å². The predicted octanol–water partition coefficient (Wildman–Crippen LogP) is 3.26. The first-order valence-electron chi connectivity index (χ1n) is 7.98. The Bertz CT molecular complexity index is 851. The van der Waals surface area contributed by atoms with Gasteiger partial charge in [0.2, 0.25) is 5.91 Å². The van der Waals surface area contributed by atoms with Gasteiger partial charge in [-0.1, -0.05) is 48.5 Å². The Hall–Kier alpha value is -2.68. The normalized spacial score (nSPS) is 21.4. The van der Waals surface area contributed by atoms with E-state index in [1.54, 1.807) is 11.1 Å². The number of amides is 1. The van der Waals surface area contributed by atoms with E-state index in [4.69, 9.17) is 0 Å². The van der Waals surface area contributed by atoms with Crippen LogP contribution in [0.15, 0.2) is 60.3 Å². The van der Waals surface area contributed by atoms with Gasteiger partial charge in [-0.25, -0.2) is 0 Å². The third-order valence-electron chi connectivity index (χ3n) is 5.25. The lowest BCUT2D eigenvalue weighted by Gasteiger charge is -2.32. The van der Waals surface area contributed by atoms with E-state index in [1.807, 2.05) is 36.4 Å². The second kappa shape index (κ2) is 4.42. The molecule has 0 saturated carbocycles. The van der Waals surface area contributed by atoms with Gasteiger partial charge >= 0.3 is 0 Å². The first kappa shape index (κ1) is 12.8. The summed E-state index contributed by atoms with van der Waals surface area (Å²) in [7, 11) is 0. The minimum absolute atomic E-state index is 0.130. The molecule has 0 unspecified atom stereocenters. The lowest BCUT2D eigenvalue weighted by molar-refractivity contribution is -0.140. The fraction of sp³-hybridized carbons (Fsp3) is 0.200. The van der Waals surface area contributed by atoms with Crippen molar-refractivity contribution in [2.45, 2.75) is 24.8 Å². The van der Waals surface area contributed by atoms with E-state index >= 15 is 0 Å². The molecule has 0 bridgehead atoms. The molecule has 1 saturated heterocycles. The maximum Gasteiger partial charge on any atom is 0.228 e. The number of hydrogen-bond donors (Lipinski definition) is 0. The van der Waals surface area contributed by atoms with Gasteiger partial charge in [-0.05, 0) is 28.7 Å². The van der Waals surface area contributed by atoms with Gasteiger partial charge in [0, 0.05) is 24.2 Å². The molecule has 0 aromatic heterocycles. The molecule has 2 aromatic rings. The molecular formula is C20H15NO2. The Labute approximate surface area is 134 Å². The minimum Gasteiger partial charge on any atom is -0.315 e. The number of ketones is 1. The highest BCUT2D eigenvalue weighted by Crippen LogP contribution is 2.47. The smallest absolute Gasteiger partial charge is 0.228 e. The van der Waals surface area contributed by atoms with E-state index in [-0.39, 0.29) is 23.7 Å². The Morgan fingerprint density at radius 1 is 0.913 bits per heavy atom. The maximum absolute atomic E-state index is 13.2. The van der Waals surface area contributed by atoms with Gasteiger partial charge in [0.05, 0.1) is 5.92 Å². The highest BCUT2D eigenvalue weighted by atomic mass is 16.2. The zero-order valence-corrected chi connectivity index (χ0v) is 12.5. The maximum atomic E-state index is 13.2. The summed E-state index contributed by atoms with van der Waals surface area (Å²) in [5.74, 6) is 0.0390. The van der Waals surface area contributed by atoms with Gasteiger partial charge in [-0.3, -0.25) is 9.59 Å². The molecule has 3 heteroatoms. The van der Waals surface area contributed by atoms with Crippen LogP contribution in [0.4, 0.5) is 0 Å². The van der Waals surface area contributed by atoms with Crippen molar-refractivity contribution in [1.82, 2.24) is 4.90 Å². The molecule has 112 valence electrons. The van der Waals surface area contributed by atoms with Crippen molar-refractivity contribution in [2.75, 3.05) is 0 Å². The van der Waals surface area contributed by atoms with Gasteiger partial charge in [-0.15, -0.1) is 0 Å². The average Bonchev–Trinajstić information content (AvgIpc) is 3.09. The molecule has 2 aromatic carbocycles. The first-order chi connectivity index (χ1) is 11.2. The molecule has 1 atom stereocenters. The zero-order chi connectivity index (χ0) is 15.6. The van der Waals surface area contributed by atoms with Crippen LogP contribution in [0.2, 0.25) is 0 Å². The van der Waals surface area contributed by atoms with E-state index in [9.17, 15) is 9.59 Å². The van der Waals surface area contributed by atoms with Crippen LogP contribution in [0.3, 0.4) is 0 Å². The zero-order valence-electron chi connectivity index (χ0n) is 12.5. The molecule has 23 heavy (non-hydrogen) atoms. The Kier molecular flexibility index (Phi) is 2.46. The topological polar surface area (TPSA) is 37.4 Å². The summed E-state index contributed by atoms with van der Waals surface area (Å²) in [5.41, 5.74) is 5.26. The fourth-order valence-corrected chi connectivity index (χ4v) is 4.11. The van der Waals surface area contributed by atoms with E-state index in [0.29, 0.717) is 12.8 Å². The Morgan fingerprint density at radius 2 is 1.52 bits per heavy atom. The Balaban J connectivity index is 1.61. The fourth-order valence-electron chi connectivity index (χ4n) is 4.11. The number of rotatable bonds is 2. The summed E-state index contributed by atoms with van der Waals surface area (Å²) in [6.07, 6.45) is 3.05. The molecule has 5 rings (SSSR count). The van der Waals surface area contributed by atoms with Crippen LogP contribution in [-0.2, 0) is 9.59 Å². The van der Waals surface area contributed by atoms with E-state index < -0.39 is 0 Å². The van der Waals surface area contributed by atoms with Crippen molar-refractivity contribution in [1.29, 1.82) is 0 Å². The minimum atomic E-state index is -0.234.